The molecule has 1 aromatic carbocycles. The highest BCUT2D eigenvalue weighted by Gasteiger charge is 2.19. The molecule has 0 unspecified atom stereocenters. The molecule has 4 rings (SSSR count). The second-order valence-corrected chi connectivity index (χ2v) is 10.1. The fraction of sp³-hybridized carbons (Fsp3) is 0.273. The van der Waals surface area contributed by atoms with Gasteiger partial charge in [-0.3, -0.25) is 8.99 Å². The third-order valence-electron chi connectivity index (χ3n) is 5.23. The Bertz CT molecular complexity index is 1460. The van der Waals surface area contributed by atoms with Crippen molar-refractivity contribution in [1.29, 1.82) is 0 Å². The van der Waals surface area contributed by atoms with E-state index < -0.39 is 10.0 Å². The molecule has 12 nitrogen and oxygen atoms in total. The standard InChI is InChI=1S/C22H26N10O2S/c1-13-9-21(26-14(2)25-13)29-20-11-19(23-12-24-20)28-17-8-7-16(22-27-15(3)31(4)30-22)10-18(17)32(5)35(6,33)34/h7-12H,1-6H3,(H2,23,24,25,26,28,29). The van der Waals surface area contributed by atoms with Crippen LogP contribution >= 0.6 is 0 Å². The van der Waals surface area contributed by atoms with Crippen molar-refractivity contribution in [2.75, 3.05) is 28.2 Å². The summed E-state index contributed by atoms with van der Waals surface area (Å²) in [5.74, 6) is 3.49. The molecule has 0 radical (unpaired) electrons. The van der Waals surface area contributed by atoms with Gasteiger partial charge < -0.3 is 10.6 Å². The maximum absolute atomic E-state index is 12.4. The number of aryl methyl sites for hydroxylation is 4. The lowest BCUT2D eigenvalue weighted by molar-refractivity contribution is 0.600. The lowest BCUT2D eigenvalue weighted by Gasteiger charge is -2.21. The fourth-order valence-corrected chi connectivity index (χ4v) is 3.85. The smallest absolute Gasteiger partial charge is 0.232 e. The minimum Gasteiger partial charge on any atom is -0.338 e. The number of hydrogen-bond acceptors (Lipinski definition) is 10. The molecule has 0 bridgehead atoms. The summed E-state index contributed by atoms with van der Waals surface area (Å²) in [6.07, 6.45) is 2.55. The zero-order chi connectivity index (χ0) is 25.3. The summed E-state index contributed by atoms with van der Waals surface area (Å²) >= 11 is 0. The first-order valence-corrected chi connectivity index (χ1v) is 12.5. The average molecular weight is 495 g/mol. The van der Waals surface area contributed by atoms with Gasteiger partial charge in [0.2, 0.25) is 10.0 Å². The van der Waals surface area contributed by atoms with Gasteiger partial charge in [-0.25, -0.2) is 33.3 Å². The van der Waals surface area contributed by atoms with Crippen LogP contribution in [0.3, 0.4) is 0 Å². The molecular formula is C22H26N10O2S. The Morgan fingerprint density at radius 2 is 1.63 bits per heavy atom. The fourth-order valence-electron chi connectivity index (χ4n) is 3.34. The second kappa shape index (κ2) is 9.25. The first-order chi connectivity index (χ1) is 16.5. The van der Waals surface area contributed by atoms with E-state index in [0.717, 1.165) is 17.8 Å². The lowest BCUT2D eigenvalue weighted by Crippen LogP contribution is -2.25. The summed E-state index contributed by atoms with van der Waals surface area (Å²) in [4.78, 5) is 21.6. The van der Waals surface area contributed by atoms with Crippen molar-refractivity contribution in [3.8, 4) is 11.4 Å². The third-order valence-corrected chi connectivity index (χ3v) is 6.42. The Balaban J connectivity index is 1.68. The van der Waals surface area contributed by atoms with E-state index in [1.807, 2.05) is 32.9 Å². The molecule has 182 valence electrons. The Kier molecular flexibility index (Phi) is 6.35. The molecule has 35 heavy (non-hydrogen) atoms. The highest BCUT2D eigenvalue weighted by molar-refractivity contribution is 7.92. The second-order valence-electron chi connectivity index (χ2n) is 8.05. The molecule has 0 aliphatic rings. The van der Waals surface area contributed by atoms with Crippen molar-refractivity contribution >= 4 is 38.9 Å². The lowest BCUT2D eigenvalue weighted by atomic mass is 10.1. The number of anilines is 5. The number of sulfonamides is 1. The van der Waals surface area contributed by atoms with Gasteiger partial charge in [0.05, 0.1) is 17.6 Å². The molecule has 3 heterocycles. The van der Waals surface area contributed by atoms with Crippen LogP contribution in [0.15, 0.2) is 36.7 Å². The van der Waals surface area contributed by atoms with Gasteiger partial charge in [0, 0.05) is 37.5 Å². The number of aromatic nitrogens is 7. The number of rotatable bonds is 7. The predicted octanol–water partition coefficient (Wildman–Crippen LogP) is 2.87. The minimum atomic E-state index is -3.54. The number of nitrogens with zero attached hydrogens (tertiary/aromatic N) is 8. The van der Waals surface area contributed by atoms with Gasteiger partial charge >= 0.3 is 0 Å². The van der Waals surface area contributed by atoms with E-state index in [9.17, 15) is 8.42 Å². The molecule has 0 saturated heterocycles. The average Bonchev–Trinajstić information content (AvgIpc) is 3.10. The monoisotopic (exact) mass is 494 g/mol. The van der Waals surface area contributed by atoms with E-state index >= 15 is 0 Å². The van der Waals surface area contributed by atoms with Crippen molar-refractivity contribution < 1.29 is 8.42 Å². The van der Waals surface area contributed by atoms with E-state index in [0.29, 0.717) is 46.0 Å². The van der Waals surface area contributed by atoms with Crippen LogP contribution in [0.5, 0.6) is 0 Å². The van der Waals surface area contributed by atoms with Crippen LogP contribution in [0.2, 0.25) is 0 Å². The van der Waals surface area contributed by atoms with Gasteiger partial charge in [-0.05, 0) is 39.0 Å². The van der Waals surface area contributed by atoms with Crippen molar-refractivity contribution in [2.45, 2.75) is 20.8 Å². The molecule has 0 aliphatic carbocycles. The van der Waals surface area contributed by atoms with Crippen LogP contribution in [0.25, 0.3) is 11.4 Å². The molecule has 0 spiro atoms. The number of benzene rings is 1. The molecule has 4 aromatic rings. The number of hydrogen-bond donors (Lipinski definition) is 2. The van der Waals surface area contributed by atoms with E-state index in [4.69, 9.17) is 0 Å². The van der Waals surface area contributed by atoms with E-state index in [1.54, 1.807) is 29.9 Å². The van der Waals surface area contributed by atoms with Crippen LogP contribution in [-0.4, -0.2) is 56.4 Å². The molecule has 0 atom stereocenters. The summed E-state index contributed by atoms with van der Waals surface area (Å²) in [7, 11) is -0.250. The minimum absolute atomic E-state index is 0.422. The SMILES string of the molecule is Cc1cc(Nc2cc(Nc3ccc(-c4nc(C)n(C)n4)cc3N(C)S(C)(=O)=O)ncn2)nc(C)n1. The van der Waals surface area contributed by atoms with Crippen molar-refractivity contribution in [3.05, 3.63) is 54.0 Å². The first-order valence-electron chi connectivity index (χ1n) is 10.6. The Labute approximate surface area is 203 Å². The molecule has 3 aromatic heterocycles. The molecule has 0 saturated carbocycles. The topological polar surface area (TPSA) is 144 Å². The van der Waals surface area contributed by atoms with Crippen LogP contribution in [-0.2, 0) is 17.1 Å². The molecule has 2 N–H and O–H groups in total. The summed E-state index contributed by atoms with van der Waals surface area (Å²) in [5.41, 5.74) is 2.47. The van der Waals surface area contributed by atoms with Crippen LogP contribution in [0.4, 0.5) is 28.8 Å². The highest BCUT2D eigenvalue weighted by atomic mass is 32.2. The largest absolute Gasteiger partial charge is 0.338 e. The third kappa shape index (κ3) is 5.51. The Hall–Kier alpha value is -4.13. The zero-order valence-electron chi connectivity index (χ0n) is 20.3. The number of nitrogens with one attached hydrogen (secondary N) is 2. The van der Waals surface area contributed by atoms with Crippen molar-refractivity contribution in [1.82, 2.24) is 34.7 Å². The zero-order valence-corrected chi connectivity index (χ0v) is 21.1. The highest BCUT2D eigenvalue weighted by Crippen LogP contribution is 2.33. The summed E-state index contributed by atoms with van der Waals surface area (Å²) in [6.45, 7) is 5.55. The van der Waals surface area contributed by atoms with E-state index in [1.165, 1.54) is 17.7 Å². The Morgan fingerprint density at radius 3 is 2.26 bits per heavy atom. The maximum atomic E-state index is 12.4. The predicted molar refractivity (Wildman–Crippen MR) is 135 cm³/mol. The van der Waals surface area contributed by atoms with Crippen molar-refractivity contribution in [2.24, 2.45) is 7.05 Å². The van der Waals surface area contributed by atoms with Gasteiger partial charge in [0.15, 0.2) is 5.82 Å². The summed E-state index contributed by atoms with van der Waals surface area (Å²) in [6, 6.07) is 8.83. The molecule has 0 fully saturated rings. The quantitative estimate of drug-likeness (QED) is 0.393. The van der Waals surface area contributed by atoms with Gasteiger partial charge in [-0.1, -0.05) is 0 Å². The Morgan fingerprint density at radius 1 is 0.914 bits per heavy atom. The van der Waals surface area contributed by atoms with Crippen LogP contribution in [0.1, 0.15) is 17.3 Å². The molecule has 0 amide bonds. The van der Waals surface area contributed by atoms with Crippen LogP contribution in [0, 0.1) is 20.8 Å². The van der Waals surface area contributed by atoms with Gasteiger partial charge in [0.1, 0.15) is 35.4 Å². The summed E-state index contributed by atoms with van der Waals surface area (Å²) in [5, 5.41) is 10.7. The summed E-state index contributed by atoms with van der Waals surface area (Å²) < 4.78 is 27.6. The maximum Gasteiger partial charge on any atom is 0.232 e. The molecule has 13 heteroatoms. The van der Waals surface area contributed by atoms with E-state index in [2.05, 4.69) is 40.7 Å². The van der Waals surface area contributed by atoms with Gasteiger partial charge in [-0.2, -0.15) is 5.10 Å². The molecular weight excluding hydrogens is 468 g/mol. The van der Waals surface area contributed by atoms with Crippen LogP contribution < -0.4 is 14.9 Å². The van der Waals surface area contributed by atoms with Crippen molar-refractivity contribution in [3.63, 3.8) is 0 Å². The normalized spacial score (nSPS) is 11.4. The molecule has 0 aliphatic heterocycles. The van der Waals surface area contributed by atoms with E-state index in [-0.39, 0.29) is 0 Å². The van der Waals surface area contributed by atoms with Gasteiger partial charge in [-0.15, -0.1) is 0 Å². The van der Waals surface area contributed by atoms with Gasteiger partial charge in [0.25, 0.3) is 0 Å². The first kappa shape index (κ1) is 24.0.